The Morgan fingerprint density at radius 2 is 0.915 bits per heavy atom. The normalized spacial score (nSPS) is 11.9. The van der Waals surface area contributed by atoms with Gasteiger partial charge in [-0.1, -0.05) is 170 Å². The molecule has 0 spiro atoms. The predicted octanol–water partition coefficient (Wildman–Crippen LogP) is 16.9. The van der Waals surface area contributed by atoms with Crippen molar-refractivity contribution in [2.45, 2.75) is 0 Å². The molecular weight excluding hydrogens is 867 g/mol. The Labute approximate surface area is 407 Å². The lowest BCUT2D eigenvalue weighted by Crippen LogP contribution is -2.03. The van der Waals surface area contributed by atoms with Crippen LogP contribution in [0.3, 0.4) is 0 Å². The Bertz CT molecular complexity index is 4640. The van der Waals surface area contributed by atoms with Crippen molar-refractivity contribution < 1.29 is 4.42 Å². The van der Waals surface area contributed by atoms with Crippen LogP contribution in [0.5, 0.6) is 0 Å². The van der Waals surface area contributed by atoms with Crippen LogP contribution >= 0.6 is 0 Å². The van der Waals surface area contributed by atoms with Crippen LogP contribution in [-0.4, -0.2) is 24.1 Å². The van der Waals surface area contributed by atoms with Gasteiger partial charge in [0.25, 0.3) is 0 Å². The molecule has 0 unspecified atom stereocenters. The molecule has 0 fully saturated rings. The Balaban J connectivity index is 1.06. The summed E-state index contributed by atoms with van der Waals surface area (Å²) in [6.45, 7) is 0. The molecule has 330 valence electrons. The topological polar surface area (TPSA) is 61.7 Å². The van der Waals surface area contributed by atoms with E-state index in [9.17, 15) is 0 Å². The number of furan rings is 1. The zero-order valence-corrected chi connectivity index (χ0v) is 38.2. The van der Waals surface area contributed by atoms with Crippen LogP contribution < -0.4 is 0 Å². The molecule has 0 aliphatic carbocycles. The van der Waals surface area contributed by atoms with Crippen molar-refractivity contribution in [1.29, 1.82) is 0 Å². The second kappa shape index (κ2) is 15.4. The molecular formula is C65H39N5O. The Morgan fingerprint density at radius 1 is 0.324 bits per heavy atom. The smallest absolute Gasteiger partial charge is 0.166 e. The highest BCUT2D eigenvalue weighted by Gasteiger charge is 2.24. The molecule has 4 aromatic heterocycles. The minimum atomic E-state index is 0.536. The van der Waals surface area contributed by atoms with Gasteiger partial charge in [0.2, 0.25) is 0 Å². The number of benzene rings is 11. The predicted molar refractivity (Wildman–Crippen MR) is 293 cm³/mol. The molecule has 0 aliphatic rings. The standard InChI is InChI=1S/C65H39N5O/c1-3-17-40(18-4-1)42-22-15-23-45(35-42)63-66-64(68-65(67-63)53-30-16-29-51-49-27-11-13-31-55(49)69(61(51)53)47-24-5-2-6-25-47)46-38-58(60-52-34-33-41-19-9-10-26-48(41)62(52)71-59(60)39-46)70-56-32-14-12-28-50(56)54-36-43-20-7-8-21-44(43)37-57(54)70/h1-39H. The molecule has 4 heterocycles. The van der Waals surface area contributed by atoms with Crippen molar-refractivity contribution in [3.63, 3.8) is 0 Å². The van der Waals surface area contributed by atoms with E-state index in [0.29, 0.717) is 17.5 Å². The maximum absolute atomic E-state index is 7.12. The van der Waals surface area contributed by atoms with Gasteiger partial charge in [0.15, 0.2) is 17.5 Å². The van der Waals surface area contributed by atoms with Gasteiger partial charge < -0.3 is 13.6 Å². The molecule has 0 saturated heterocycles. The first-order valence-corrected chi connectivity index (χ1v) is 24.0. The van der Waals surface area contributed by atoms with E-state index in [1.807, 2.05) is 6.07 Å². The molecule has 0 atom stereocenters. The van der Waals surface area contributed by atoms with Gasteiger partial charge in [-0.3, -0.25) is 0 Å². The Hall–Kier alpha value is -9.65. The summed E-state index contributed by atoms with van der Waals surface area (Å²) in [6.07, 6.45) is 0. The summed E-state index contributed by atoms with van der Waals surface area (Å²) in [7, 11) is 0. The fraction of sp³-hybridized carbons (Fsp3) is 0. The summed E-state index contributed by atoms with van der Waals surface area (Å²) in [5.41, 5.74) is 12.8. The average Bonchev–Trinajstić information content (AvgIpc) is 4.11. The molecule has 15 rings (SSSR count). The summed E-state index contributed by atoms with van der Waals surface area (Å²) in [6, 6.07) is 83.8. The lowest BCUT2D eigenvalue weighted by atomic mass is 10.0. The van der Waals surface area contributed by atoms with E-state index in [-0.39, 0.29) is 0 Å². The molecule has 6 heteroatoms. The zero-order chi connectivity index (χ0) is 46.6. The van der Waals surface area contributed by atoms with Crippen molar-refractivity contribution in [2.75, 3.05) is 0 Å². The molecule has 11 aromatic carbocycles. The highest BCUT2D eigenvalue weighted by molar-refractivity contribution is 6.21. The third kappa shape index (κ3) is 6.11. The van der Waals surface area contributed by atoms with Crippen molar-refractivity contribution in [1.82, 2.24) is 24.1 Å². The summed E-state index contributed by atoms with van der Waals surface area (Å²) < 4.78 is 11.9. The van der Waals surface area contributed by atoms with Crippen molar-refractivity contribution >= 4 is 87.1 Å². The van der Waals surface area contributed by atoms with Gasteiger partial charge in [0.05, 0.1) is 33.1 Å². The number of para-hydroxylation sites is 4. The van der Waals surface area contributed by atoms with Gasteiger partial charge in [-0.15, -0.1) is 0 Å². The molecule has 0 N–H and O–H groups in total. The minimum Gasteiger partial charge on any atom is -0.455 e. The van der Waals surface area contributed by atoms with Gasteiger partial charge in [-0.05, 0) is 94.0 Å². The molecule has 0 amide bonds. The number of aromatic nitrogens is 5. The largest absolute Gasteiger partial charge is 0.455 e. The summed E-state index contributed by atoms with van der Waals surface area (Å²) in [5.74, 6) is 1.68. The van der Waals surface area contributed by atoms with Crippen LogP contribution in [0.15, 0.2) is 241 Å². The highest BCUT2D eigenvalue weighted by Crippen LogP contribution is 2.44. The van der Waals surface area contributed by atoms with Gasteiger partial charge in [-0.25, -0.2) is 15.0 Å². The first-order chi connectivity index (χ1) is 35.2. The molecule has 0 aliphatic heterocycles. The van der Waals surface area contributed by atoms with Crippen LogP contribution in [0.1, 0.15) is 0 Å². The summed E-state index contributed by atoms with van der Waals surface area (Å²) in [5, 5.41) is 11.3. The third-order valence-electron chi connectivity index (χ3n) is 14.3. The van der Waals surface area contributed by atoms with E-state index >= 15 is 0 Å². The minimum absolute atomic E-state index is 0.536. The molecule has 71 heavy (non-hydrogen) atoms. The van der Waals surface area contributed by atoms with Gasteiger partial charge in [0, 0.05) is 54.7 Å². The molecule has 0 bridgehead atoms. The van der Waals surface area contributed by atoms with Crippen molar-refractivity contribution in [3.8, 4) is 56.7 Å². The Morgan fingerprint density at radius 3 is 1.72 bits per heavy atom. The van der Waals surface area contributed by atoms with E-state index in [2.05, 4.69) is 240 Å². The number of rotatable bonds is 6. The third-order valence-corrected chi connectivity index (χ3v) is 14.3. The molecule has 0 radical (unpaired) electrons. The van der Waals surface area contributed by atoms with Gasteiger partial charge in [0.1, 0.15) is 11.2 Å². The maximum Gasteiger partial charge on any atom is 0.166 e. The lowest BCUT2D eigenvalue weighted by molar-refractivity contribution is 0.672. The fourth-order valence-corrected chi connectivity index (χ4v) is 11.1. The number of hydrogen-bond acceptors (Lipinski definition) is 4. The van der Waals surface area contributed by atoms with Gasteiger partial charge >= 0.3 is 0 Å². The first kappa shape index (κ1) is 39.4. The SMILES string of the molecule is c1ccc(-c2cccc(-c3nc(-c4cc(-n5c6ccccc6c6cc7ccccc7cc65)c5c(c4)oc4c6ccccc6ccc45)nc(-c4cccc5c6ccccc6n(-c6ccccc6)c45)n3)c2)cc1. The average molecular weight is 906 g/mol. The Kier molecular flexibility index (Phi) is 8.56. The van der Waals surface area contributed by atoms with Gasteiger partial charge in [-0.2, -0.15) is 0 Å². The molecule has 15 aromatic rings. The van der Waals surface area contributed by atoms with Crippen LogP contribution in [0.25, 0.3) is 144 Å². The van der Waals surface area contributed by atoms with Crippen molar-refractivity contribution in [2.24, 2.45) is 0 Å². The second-order valence-electron chi connectivity index (χ2n) is 18.3. The summed E-state index contributed by atoms with van der Waals surface area (Å²) >= 11 is 0. The van der Waals surface area contributed by atoms with Crippen LogP contribution in [-0.2, 0) is 0 Å². The molecule has 6 nitrogen and oxygen atoms in total. The molecule has 0 saturated carbocycles. The van der Waals surface area contributed by atoms with E-state index in [0.717, 1.165) is 105 Å². The van der Waals surface area contributed by atoms with Crippen molar-refractivity contribution in [3.05, 3.63) is 237 Å². The van der Waals surface area contributed by atoms with E-state index in [1.165, 1.54) is 21.5 Å². The lowest BCUT2D eigenvalue weighted by Gasteiger charge is -2.14. The number of hydrogen-bond donors (Lipinski definition) is 0. The van der Waals surface area contributed by atoms with E-state index in [1.54, 1.807) is 0 Å². The zero-order valence-electron chi connectivity index (χ0n) is 38.2. The van der Waals surface area contributed by atoms with E-state index < -0.39 is 0 Å². The maximum atomic E-state index is 7.12. The van der Waals surface area contributed by atoms with Crippen LogP contribution in [0.4, 0.5) is 0 Å². The van der Waals surface area contributed by atoms with E-state index in [4.69, 9.17) is 19.4 Å². The van der Waals surface area contributed by atoms with Crippen LogP contribution in [0, 0.1) is 0 Å². The number of nitrogens with zero attached hydrogens (tertiary/aromatic N) is 5. The second-order valence-corrected chi connectivity index (χ2v) is 18.3. The number of fused-ring (bicyclic) bond motifs is 12. The quantitative estimate of drug-likeness (QED) is 0.167. The monoisotopic (exact) mass is 905 g/mol. The first-order valence-electron chi connectivity index (χ1n) is 24.0. The fourth-order valence-electron chi connectivity index (χ4n) is 11.1. The highest BCUT2D eigenvalue weighted by atomic mass is 16.3. The van der Waals surface area contributed by atoms with Crippen LogP contribution in [0.2, 0.25) is 0 Å². The summed E-state index contributed by atoms with van der Waals surface area (Å²) in [4.78, 5) is 16.4.